The Bertz CT molecular complexity index is 675. The van der Waals surface area contributed by atoms with Crippen molar-refractivity contribution in [1.29, 1.82) is 0 Å². The third-order valence-corrected chi connectivity index (χ3v) is 4.42. The molecule has 23 heavy (non-hydrogen) atoms. The Balaban J connectivity index is 0.00000192. The van der Waals surface area contributed by atoms with Gasteiger partial charge in [0.05, 0.1) is 6.04 Å². The number of aromatic nitrogens is 1. The molecule has 1 aliphatic heterocycles. The minimum atomic E-state index is 0. The Morgan fingerprint density at radius 1 is 1.26 bits per heavy atom. The van der Waals surface area contributed by atoms with E-state index in [2.05, 4.69) is 16.4 Å². The molecule has 0 spiro atoms. The van der Waals surface area contributed by atoms with E-state index in [1.54, 1.807) is 17.3 Å². The molecule has 2 heterocycles. The highest BCUT2D eigenvalue weighted by Crippen LogP contribution is 2.28. The van der Waals surface area contributed by atoms with Gasteiger partial charge in [-0.3, -0.25) is 9.78 Å². The first-order valence-corrected chi connectivity index (χ1v) is 7.71. The number of amides is 1. The summed E-state index contributed by atoms with van der Waals surface area (Å²) in [6.07, 6.45) is 5.56. The van der Waals surface area contributed by atoms with Crippen molar-refractivity contribution in [3.63, 3.8) is 0 Å². The lowest BCUT2D eigenvalue weighted by Gasteiger charge is -2.28. The highest BCUT2D eigenvalue weighted by atomic mass is 35.5. The summed E-state index contributed by atoms with van der Waals surface area (Å²) in [4.78, 5) is 18.8. The molecular weight excluding hydrogens is 310 g/mol. The van der Waals surface area contributed by atoms with Crippen LogP contribution in [-0.2, 0) is 6.42 Å². The lowest BCUT2D eigenvalue weighted by molar-refractivity contribution is 0.0741. The van der Waals surface area contributed by atoms with E-state index in [4.69, 9.17) is 0 Å². The average Bonchev–Trinajstić information content (AvgIpc) is 2.60. The molecule has 0 bridgehead atoms. The van der Waals surface area contributed by atoms with Crippen molar-refractivity contribution in [1.82, 2.24) is 9.88 Å². The van der Waals surface area contributed by atoms with Gasteiger partial charge in [-0.1, -0.05) is 6.07 Å². The van der Waals surface area contributed by atoms with Gasteiger partial charge in [0.15, 0.2) is 0 Å². The molecule has 1 aromatic heterocycles. The van der Waals surface area contributed by atoms with Crippen molar-refractivity contribution in [3.05, 3.63) is 59.4 Å². The van der Waals surface area contributed by atoms with E-state index >= 15 is 0 Å². The predicted molar refractivity (Wildman–Crippen MR) is 95.2 cm³/mol. The molecule has 4 nitrogen and oxygen atoms in total. The number of halogens is 1. The number of carbonyl (C=O) groups excluding carboxylic acids is 1. The van der Waals surface area contributed by atoms with Crippen LogP contribution in [0.15, 0.2) is 42.7 Å². The zero-order valence-electron chi connectivity index (χ0n) is 13.5. The maximum absolute atomic E-state index is 12.9. The Hall–Kier alpha value is -2.07. The number of nitrogens with zero attached hydrogens (tertiary/aromatic N) is 2. The van der Waals surface area contributed by atoms with Gasteiger partial charge in [0, 0.05) is 37.2 Å². The quantitative estimate of drug-likeness (QED) is 0.932. The van der Waals surface area contributed by atoms with Crippen molar-refractivity contribution in [2.45, 2.75) is 25.8 Å². The van der Waals surface area contributed by atoms with E-state index < -0.39 is 0 Å². The van der Waals surface area contributed by atoms with Crippen LogP contribution in [0.1, 0.15) is 40.9 Å². The molecule has 1 amide bonds. The van der Waals surface area contributed by atoms with Gasteiger partial charge < -0.3 is 10.2 Å². The Morgan fingerprint density at radius 3 is 2.74 bits per heavy atom. The second kappa shape index (κ2) is 7.47. The zero-order valence-corrected chi connectivity index (χ0v) is 14.3. The van der Waals surface area contributed by atoms with Gasteiger partial charge in [-0.25, -0.2) is 0 Å². The van der Waals surface area contributed by atoms with Crippen molar-refractivity contribution >= 4 is 24.0 Å². The molecule has 0 saturated heterocycles. The van der Waals surface area contributed by atoms with Gasteiger partial charge in [0.1, 0.15) is 0 Å². The average molecular weight is 332 g/mol. The minimum Gasteiger partial charge on any atom is -0.385 e. The highest BCUT2D eigenvalue weighted by Gasteiger charge is 2.23. The second-order valence-electron chi connectivity index (χ2n) is 5.73. The van der Waals surface area contributed by atoms with Crippen LogP contribution < -0.4 is 5.32 Å². The number of benzene rings is 1. The van der Waals surface area contributed by atoms with Gasteiger partial charge in [0.2, 0.25) is 0 Å². The molecule has 3 rings (SSSR count). The van der Waals surface area contributed by atoms with Gasteiger partial charge in [0.25, 0.3) is 5.91 Å². The summed E-state index contributed by atoms with van der Waals surface area (Å²) in [6, 6.07) is 9.87. The van der Waals surface area contributed by atoms with E-state index in [0.29, 0.717) is 0 Å². The molecule has 1 atom stereocenters. The summed E-state index contributed by atoms with van der Waals surface area (Å²) >= 11 is 0. The first-order chi connectivity index (χ1) is 10.7. The lowest BCUT2D eigenvalue weighted by Crippen LogP contribution is -2.31. The van der Waals surface area contributed by atoms with Crippen LogP contribution in [0.25, 0.3) is 0 Å². The van der Waals surface area contributed by atoms with Crippen LogP contribution >= 0.6 is 12.4 Å². The third-order valence-electron chi connectivity index (χ3n) is 4.42. The van der Waals surface area contributed by atoms with Crippen LogP contribution in [0, 0.1) is 0 Å². The summed E-state index contributed by atoms with van der Waals surface area (Å²) in [5.74, 6) is 0.0739. The predicted octanol–water partition coefficient (Wildman–Crippen LogP) is 3.69. The van der Waals surface area contributed by atoms with Crippen LogP contribution in [0.3, 0.4) is 0 Å². The third kappa shape index (κ3) is 3.48. The maximum atomic E-state index is 12.9. The normalized spacial score (nSPS) is 14.0. The molecule has 0 fully saturated rings. The van der Waals surface area contributed by atoms with Crippen LogP contribution in [0.5, 0.6) is 0 Å². The van der Waals surface area contributed by atoms with Gasteiger partial charge >= 0.3 is 0 Å². The smallest absolute Gasteiger partial charge is 0.254 e. The first kappa shape index (κ1) is 17.3. The number of nitrogens with one attached hydrogen (secondary N) is 1. The zero-order chi connectivity index (χ0) is 15.5. The lowest BCUT2D eigenvalue weighted by atomic mass is 9.96. The van der Waals surface area contributed by atoms with E-state index in [1.807, 2.05) is 38.2 Å². The van der Waals surface area contributed by atoms with Gasteiger partial charge in [-0.15, -0.1) is 12.4 Å². The molecule has 2 aromatic rings. The number of fused-ring (bicyclic) bond motifs is 1. The van der Waals surface area contributed by atoms with Crippen molar-refractivity contribution in [2.24, 2.45) is 0 Å². The molecule has 5 heteroatoms. The fourth-order valence-electron chi connectivity index (χ4n) is 2.94. The molecule has 0 saturated carbocycles. The highest BCUT2D eigenvalue weighted by molar-refractivity contribution is 5.97. The van der Waals surface area contributed by atoms with Crippen LogP contribution in [0.2, 0.25) is 0 Å². The van der Waals surface area contributed by atoms with Crippen molar-refractivity contribution < 1.29 is 4.79 Å². The standard InChI is InChI=1S/C18H21N3O.ClH/c1-13(14-8-11-19-12-9-14)21(2)18(22)16-5-3-7-17-15(16)6-4-10-20-17;/h3,5,7-9,11-13,20H,4,6,10H2,1-2H3;1H. The SMILES string of the molecule is CC(c1ccncc1)N(C)C(=O)c1cccc2c1CCCN2.Cl. The minimum absolute atomic E-state index is 0. The molecule has 1 aliphatic rings. The van der Waals surface area contributed by atoms with Crippen molar-refractivity contribution in [2.75, 3.05) is 18.9 Å². The van der Waals surface area contributed by atoms with E-state index in [1.165, 1.54) is 0 Å². The van der Waals surface area contributed by atoms with E-state index in [9.17, 15) is 4.79 Å². The maximum Gasteiger partial charge on any atom is 0.254 e. The first-order valence-electron chi connectivity index (χ1n) is 7.71. The topological polar surface area (TPSA) is 45.2 Å². The van der Waals surface area contributed by atoms with E-state index in [-0.39, 0.29) is 24.4 Å². The monoisotopic (exact) mass is 331 g/mol. The number of carbonyl (C=O) groups is 1. The summed E-state index contributed by atoms with van der Waals surface area (Å²) in [6.45, 7) is 3.02. The van der Waals surface area contributed by atoms with Gasteiger partial charge in [-0.2, -0.15) is 0 Å². The fraction of sp³-hybridized carbons (Fsp3) is 0.333. The summed E-state index contributed by atoms with van der Waals surface area (Å²) < 4.78 is 0. The van der Waals surface area contributed by atoms with E-state index in [0.717, 1.165) is 41.8 Å². The molecule has 1 aromatic carbocycles. The van der Waals surface area contributed by atoms with Gasteiger partial charge in [-0.05, 0) is 55.2 Å². The fourth-order valence-corrected chi connectivity index (χ4v) is 2.94. The summed E-state index contributed by atoms with van der Waals surface area (Å²) in [7, 11) is 1.86. The van der Waals surface area contributed by atoms with Crippen molar-refractivity contribution in [3.8, 4) is 0 Å². The second-order valence-corrected chi connectivity index (χ2v) is 5.73. The number of hydrogen-bond donors (Lipinski definition) is 1. The molecule has 0 aliphatic carbocycles. The number of anilines is 1. The molecule has 1 unspecified atom stereocenters. The Morgan fingerprint density at radius 2 is 2.00 bits per heavy atom. The Kier molecular flexibility index (Phi) is 5.61. The molecule has 0 radical (unpaired) electrons. The van der Waals surface area contributed by atoms with Crippen LogP contribution in [0.4, 0.5) is 5.69 Å². The Labute approximate surface area is 143 Å². The number of hydrogen-bond acceptors (Lipinski definition) is 3. The molecular formula is C18H22ClN3O. The molecule has 122 valence electrons. The summed E-state index contributed by atoms with van der Waals surface area (Å²) in [5, 5.41) is 3.38. The largest absolute Gasteiger partial charge is 0.385 e. The summed E-state index contributed by atoms with van der Waals surface area (Å²) in [5.41, 5.74) is 4.15. The molecule has 1 N–H and O–H groups in total. The number of rotatable bonds is 3. The number of pyridine rings is 1. The van der Waals surface area contributed by atoms with Crippen LogP contribution in [-0.4, -0.2) is 29.4 Å².